The molecule has 1 aromatic carbocycles. The fourth-order valence-corrected chi connectivity index (χ4v) is 3.25. The molecule has 3 atom stereocenters. The van der Waals surface area contributed by atoms with Crippen molar-refractivity contribution in [2.45, 2.75) is 12.3 Å². The monoisotopic (exact) mass is 344 g/mol. The number of rotatable bonds is 6. The van der Waals surface area contributed by atoms with E-state index in [2.05, 4.69) is 10.3 Å². The van der Waals surface area contributed by atoms with Crippen molar-refractivity contribution in [3.63, 3.8) is 0 Å². The Morgan fingerprint density at radius 1 is 1.36 bits per heavy atom. The largest absolute Gasteiger partial charge is 0.481 e. The van der Waals surface area contributed by atoms with Gasteiger partial charge in [0.1, 0.15) is 0 Å². The highest BCUT2D eigenvalue weighted by Crippen LogP contribution is 2.25. The van der Waals surface area contributed by atoms with Crippen LogP contribution in [0.15, 0.2) is 36.7 Å². The summed E-state index contributed by atoms with van der Waals surface area (Å²) in [5.41, 5.74) is 6.14. The average molecular weight is 344 g/mol. The third-order valence-electron chi connectivity index (χ3n) is 4.46. The number of benzene rings is 1. The zero-order chi connectivity index (χ0) is 18.0. The summed E-state index contributed by atoms with van der Waals surface area (Å²) in [6, 6.07) is 7.28. The predicted molar refractivity (Wildman–Crippen MR) is 91.8 cm³/mol. The van der Waals surface area contributed by atoms with Gasteiger partial charge in [0.25, 0.3) is 5.91 Å². The molecule has 0 saturated carbocycles. The lowest BCUT2D eigenvalue weighted by atomic mass is 10.0. The summed E-state index contributed by atoms with van der Waals surface area (Å²) in [4.78, 5) is 28.8. The molecule has 4 N–H and O–H groups in total. The molecule has 0 bridgehead atoms. The standard InChI is InChI=1S/C17H20N4O4/c1-25-16(15(18)22)21-8-13(17(23)24)14(9-21)20-12-3-2-11-7-19-5-4-10(11)6-12/h2-7,13-14,16,20H,8-9H2,1H3,(H2,18,22)(H,23,24)/t13-,14-,16?/m0/s1. The topological polar surface area (TPSA) is 118 Å². The van der Waals surface area contributed by atoms with Crippen molar-refractivity contribution < 1.29 is 19.4 Å². The van der Waals surface area contributed by atoms with Crippen LogP contribution in [0.5, 0.6) is 0 Å². The van der Waals surface area contributed by atoms with Gasteiger partial charge in [-0.2, -0.15) is 0 Å². The number of carboxylic acid groups (broad SMARTS) is 1. The van der Waals surface area contributed by atoms with Crippen molar-refractivity contribution >= 4 is 28.3 Å². The molecule has 0 aliphatic carbocycles. The van der Waals surface area contributed by atoms with E-state index in [9.17, 15) is 14.7 Å². The van der Waals surface area contributed by atoms with Crippen LogP contribution in [0.1, 0.15) is 0 Å². The second-order valence-electron chi connectivity index (χ2n) is 6.08. The van der Waals surface area contributed by atoms with Crippen LogP contribution < -0.4 is 11.1 Å². The van der Waals surface area contributed by atoms with E-state index in [1.54, 1.807) is 17.3 Å². The molecule has 2 heterocycles. The summed E-state index contributed by atoms with van der Waals surface area (Å²) in [6.07, 6.45) is 2.54. The van der Waals surface area contributed by atoms with Gasteiger partial charge in [-0.1, -0.05) is 6.07 Å². The highest BCUT2D eigenvalue weighted by atomic mass is 16.5. The second-order valence-corrected chi connectivity index (χ2v) is 6.08. The molecule has 2 aromatic rings. The highest BCUT2D eigenvalue weighted by molar-refractivity contribution is 5.85. The van der Waals surface area contributed by atoms with E-state index >= 15 is 0 Å². The number of methoxy groups -OCH3 is 1. The number of fused-ring (bicyclic) bond motifs is 1. The van der Waals surface area contributed by atoms with Crippen molar-refractivity contribution in [2.24, 2.45) is 11.7 Å². The zero-order valence-electron chi connectivity index (χ0n) is 13.8. The van der Waals surface area contributed by atoms with Gasteiger partial charge in [0, 0.05) is 43.7 Å². The van der Waals surface area contributed by atoms with Gasteiger partial charge in [-0.25, -0.2) is 0 Å². The summed E-state index contributed by atoms with van der Waals surface area (Å²) in [7, 11) is 1.38. The number of ether oxygens (including phenoxy) is 1. The lowest BCUT2D eigenvalue weighted by Gasteiger charge is -2.23. The Balaban J connectivity index is 1.81. The van der Waals surface area contributed by atoms with Crippen LogP contribution >= 0.6 is 0 Å². The Morgan fingerprint density at radius 3 is 2.84 bits per heavy atom. The lowest BCUT2D eigenvalue weighted by Crippen LogP contribution is -2.45. The van der Waals surface area contributed by atoms with E-state index in [1.807, 2.05) is 24.3 Å². The molecule has 1 unspecified atom stereocenters. The molecule has 1 aromatic heterocycles. The maximum Gasteiger partial charge on any atom is 0.309 e. The molecule has 1 aliphatic heterocycles. The maximum absolute atomic E-state index is 11.6. The van der Waals surface area contributed by atoms with Gasteiger partial charge in [0.05, 0.1) is 12.0 Å². The number of primary amides is 1. The summed E-state index contributed by atoms with van der Waals surface area (Å²) in [5.74, 6) is -2.24. The molecular weight excluding hydrogens is 324 g/mol. The molecule has 8 nitrogen and oxygen atoms in total. The molecule has 3 rings (SSSR count). The average Bonchev–Trinajstić information content (AvgIpc) is 2.98. The fourth-order valence-electron chi connectivity index (χ4n) is 3.25. The van der Waals surface area contributed by atoms with Crippen LogP contribution in [0.25, 0.3) is 10.8 Å². The van der Waals surface area contributed by atoms with Crippen molar-refractivity contribution in [3.05, 3.63) is 36.7 Å². The van der Waals surface area contributed by atoms with E-state index < -0.39 is 24.0 Å². The molecule has 0 spiro atoms. The molecule has 1 aliphatic rings. The first kappa shape index (κ1) is 17.1. The Hall–Kier alpha value is -2.71. The van der Waals surface area contributed by atoms with Crippen LogP contribution in [0.2, 0.25) is 0 Å². The first-order chi connectivity index (χ1) is 12.0. The van der Waals surface area contributed by atoms with Crippen molar-refractivity contribution in [2.75, 3.05) is 25.5 Å². The van der Waals surface area contributed by atoms with Crippen molar-refractivity contribution in [1.82, 2.24) is 9.88 Å². The quantitative estimate of drug-likeness (QED) is 0.698. The fraction of sp³-hybridized carbons (Fsp3) is 0.353. The van der Waals surface area contributed by atoms with E-state index in [1.165, 1.54) is 7.11 Å². The van der Waals surface area contributed by atoms with Gasteiger partial charge >= 0.3 is 5.97 Å². The zero-order valence-corrected chi connectivity index (χ0v) is 13.8. The number of carboxylic acids is 1. The molecule has 8 heteroatoms. The van der Waals surface area contributed by atoms with Crippen molar-refractivity contribution in [1.29, 1.82) is 0 Å². The number of aromatic nitrogens is 1. The van der Waals surface area contributed by atoms with Gasteiger partial charge in [-0.15, -0.1) is 0 Å². The predicted octanol–water partition coefficient (Wildman–Crippen LogP) is 0.490. The van der Waals surface area contributed by atoms with Gasteiger partial charge in [-0.3, -0.25) is 19.5 Å². The smallest absolute Gasteiger partial charge is 0.309 e. The normalized spacial score (nSPS) is 22.0. The molecular formula is C17H20N4O4. The number of nitrogens with two attached hydrogens (primary N) is 1. The number of amides is 1. The van der Waals surface area contributed by atoms with Crippen molar-refractivity contribution in [3.8, 4) is 0 Å². The molecule has 0 radical (unpaired) electrons. The maximum atomic E-state index is 11.6. The first-order valence-corrected chi connectivity index (χ1v) is 7.89. The van der Waals surface area contributed by atoms with E-state index in [4.69, 9.17) is 10.5 Å². The number of nitrogens with zero attached hydrogens (tertiary/aromatic N) is 2. The van der Waals surface area contributed by atoms with Crippen LogP contribution in [-0.2, 0) is 14.3 Å². The van der Waals surface area contributed by atoms with Gasteiger partial charge < -0.3 is 20.9 Å². The summed E-state index contributed by atoms with van der Waals surface area (Å²) in [5, 5.41) is 14.8. The number of nitrogens with one attached hydrogen (secondary N) is 1. The Morgan fingerprint density at radius 2 is 2.16 bits per heavy atom. The lowest BCUT2D eigenvalue weighted by molar-refractivity contribution is -0.144. The molecule has 1 amide bonds. The summed E-state index contributed by atoms with van der Waals surface area (Å²) < 4.78 is 5.10. The van der Waals surface area contributed by atoms with Gasteiger partial charge in [-0.05, 0) is 23.6 Å². The van der Waals surface area contributed by atoms with Crippen LogP contribution in [0, 0.1) is 5.92 Å². The summed E-state index contributed by atoms with van der Waals surface area (Å²) in [6.45, 7) is 0.527. The van der Waals surface area contributed by atoms with Gasteiger partial charge in [0.15, 0.2) is 6.23 Å². The first-order valence-electron chi connectivity index (χ1n) is 7.89. The minimum Gasteiger partial charge on any atom is -0.481 e. The van der Waals surface area contributed by atoms with E-state index in [0.29, 0.717) is 6.54 Å². The van der Waals surface area contributed by atoms with Crippen LogP contribution in [0.3, 0.4) is 0 Å². The third-order valence-corrected chi connectivity index (χ3v) is 4.46. The number of hydrogen-bond acceptors (Lipinski definition) is 6. The SMILES string of the molecule is COC(C(N)=O)N1C[C@H](Nc2ccc3cnccc3c2)[C@@H](C(=O)O)C1. The molecule has 1 fully saturated rings. The number of hydrogen-bond donors (Lipinski definition) is 3. The Bertz CT molecular complexity index is 797. The minimum atomic E-state index is -0.934. The number of carbonyl (C=O) groups excluding carboxylic acids is 1. The molecule has 1 saturated heterocycles. The van der Waals surface area contributed by atoms with Gasteiger partial charge in [0.2, 0.25) is 0 Å². The van der Waals surface area contributed by atoms with Crippen LogP contribution in [0.4, 0.5) is 5.69 Å². The highest BCUT2D eigenvalue weighted by Gasteiger charge is 2.41. The number of anilines is 1. The third kappa shape index (κ3) is 3.54. The Labute approximate surface area is 144 Å². The summed E-state index contributed by atoms with van der Waals surface area (Å²) >= 11 is 0. The number of aliphatic carboxylic acids is 1. The number of carbonyl (C=O) groups is 2. The number of pyridine rings is 1. The number of likely N-dealkylation sites (tertiary alicyclic amines) is 1. The van der Waals surface area contributed by atoms with Crippen LogP contribution in [-0.4, -0.2) is 59.3 Å². The van der Waals surface area contributed by atoms with E-state index in [0.717, 1.165) is 16.5 Å². The van der Waals surface area contributed by atoms with E-state index in [-0.39, 0.29) is 12.6 Å². The minimum absolute atomic E-state index is 0.186. The molecule has 25 heavy (non-hydrogen) atoms. The molecule has 132 valence electrons. The Kier molecular flexibility index (Phi) is 4.82. The second kappa shape index (κ2) is 7.04.